The number of nitrogens with zero attached hydrogens (tertiary/aromatic N) is 3. The molecule has 0 aliphatic rings. The van der Waals surface area contributed by atoms with Crippen molar-refractivity contribution in [1.82, 2.24) is 19.6 Å². The van der Waals surface area contributed by atoms with Gasteiger partial charge in [-0.1, -0.05) is 12.1 Å². The highest BCUT2D eigenvalue weighted by Gasteiger charge is 2.10. The fourth-order valence-electron chi connectivity index (χ4n) is 2.56. The Bertz CT molecular complexity index is 1130. The monoisotopic (exact) mass is 351 g/mol. The summed E-state index contributed by atoms with van der Waals surface area (Å²) in [6.45, 7) is 0.252. The lowest BCUT2D eigenvalue weighted by atomic mass is 10.2. The summed E-state index contributed by atoms with van der Waals surface area (Å²) in [5.74, 6) is 0.396. The topological polar surface area (TPSA) is 95.3 Å². The van der Waals surface area contributed by atoms with E-state index in [0.717, 1.165) is 0 Å². The number of aromatic amines is 1. The number of halogens is 1. The number of aromatic nitrogens is 4. The molecule has 3 N–H and O–H groups in total. The van der Waals surface area contributed by atoms with Crippen LogP contribution in [0, 0.1) is 5.82 Å². The van der Waals surface area contributed by atoms with E-state index >= 15 is 0 Å². The van der Waals surface area contributed by atoms with Crippen LogP contribution < -0.4 is 10.9 Å². The molecule has 0 saturated heterocycles. The van der Waals surface area contributed by atoms with E-state index in [0.29, 0.717) is 22.8 Å². The number of hydrogen-bond acceptors (Lipinski definition) is 5. The third-order valence-electron chi connectivity index (χ3n) is 3.87. The van der Waals surface area contributed by atoms with Crippen molar-refractivity contribution in [1.29, 1.82) is 0 Å². The minimum atomic E-state index is -0.349. The van der Waals surface area contributed by atoms with Crippen molar-refractivity contribution in [3.8, 4) is 17.1 Å². The van der Waals surface area contributed by atoms with E-state index in [9.17, 15) is 14.3 Å². The number of benzene rings is 2. The van der Waals surface area contributed by atoms with Crippen molar-refractivity contribution in [3.63, 3.8) is 0 Å². The Morgan fingerprint density at radius 2 is 1.88 bits per heavy atom. The molecule has 26 heavy (non-hydrogen) atoms. The molecule has 4 aromatic rings. The molecule has 2 aromatic carbocycles. The van der Waals surface area contributed by atoms with Gasteiger partial charge < -0.3 is 10.4 Å². The Labute approximate surface area is 146 Å². The number of aromatic hydroxyl groups is 1. The van der Waals surface area contributed by atoms with Gasteiger partial charge in [0.05, 0.1) is 17.9 Å². The molecular formula is C18H14FN5O2. The zero-order valence-electron chi connectivity index (χ0n) is 13.5. The van der Waals surface area contributed by atoms with Crippen LogP contribution in [0.25, 0.3) is 17.2 Å². The van der Waals surface area contributed by atoms with Crippen molar-refractivity contribution < 1.29 is 9.50 Å². The van der Waals surface area contributed by atoms with Gasteiger partial charge in [-0.05, 0) is 36.4 Å². The minimum absolute atomic E-state index is 0.115. The van der Waals surface area contributed by atoms with Crippen LogP contribution in [0.2, 0.25) is 0 Å². The fraction of sp³-hybridized carbons (Fsp3) is 0.0556. The quantitative estimate of drug-likeness (QED) is 0.491. The lowest BCUT2D eigenvalue weighted by Gasteiger charge is -2.07. The number of phenols is 1. The van der Waals surface area contributed by atoms with Crippen molar-refractivity contribution >= 4 is 11.5 Å². The van der Waals surface area contributed by atoms with Gasteiger partial charge in [-0.15, -0.1) is 0 Å². The third kappa shape index (κ3) is 3.00. The zero-order chi connectivity index (χ0) is 18.1. The fourth-order valence-corrected chi connectivity index (χ4v) is 2.56. The number of fused-ring (bicyclic) bond motifs is 1. The molecule has 4 rings (SSSR count). The minimum Gasteiger partial charge on any atom is -0.506 e. The molecule has 0 atom stereocenters. The molecule has 0 radical (unpaired) electrons. The molecule has 0 aliphatic heterocycles. The summed E-state index contributed by atoms with van der Waals surface area (Å²) in [5, 5.41) is 15.7. The van der Waals surface area contributed by atoms with Crippen LogP contribution in [0.3, 0.4) is 0 Å². The molecule has 0 unspecified atom stereocenters. The molecular weight excluding hydrogens is 337 g/mol. The number of H-pyrrole nitrogens is 1. The second-order valence-electron chi connectivity index (χ2n) is 5.67. The highest BCUT2D eigenvalue weighted by Crippen LogP contribution is 2.22. The Hall–Kier alpha value is -3.68. The summed E-state index contributed by atoms with van der Waals surface area (Å²) in [5.41, 5.74) is 1.36. The van der Waals surface area contributed by atoms with E-state index in [-0.39, 0.29) is 29.4 Å². The molecule has 0 amide bonds. The summed E-state index contributed by atoms with van der Waals surface area (Å²) < 4.78 is 14.3. The molecule has 8 heteroatoms. The van der Waals surface area contributed by atoms with Gasteiger partial charge in [-0.25, -0.2) is 9.37 Å². The Balaban J connectivity index is 1.65. The van der Waals surface area contributed by atoms with Gasteiger partial charge in [0.25, 0.3) is 11.3 Å². The average Bonchev–Trinajstić information content (AvgIpc) is 3.06. The van der Waals surface area contributed by atoms with Crippen molar-refractivity contribution in [2.75, 3.05) is 5.32 Å². The molecule has 0 bridgehead atoms. The highest BCUT2D eigenvalue weighted by atomic mass is 19.1. The molecule has 0 aliphatic carbocycles. The Morgan fingerprint density at radius 1 is 1.12 bits per heavy atom. The predicted molar refractivity (Wildman–Crippen MR) is 94.4 cm³/mol. The van der Waals surface area contributed by atoms with E-state index < -0.39 is 0 Å². The first-order chi connectivity index (χ1) is 12.6. The number of hydrogen-bond donors (Lipinski definition) is 3. The largest absolute Gasteiger partial charge is 0.506 e. The van der Waals surface area contributed by atoms with Gasteiger partial charge >= 0.3 is 0 Å². The first-order valence-electron chi connectivity index (χ1n) is 7.87. The number of rotatable bonds is 4. The Kier molecular flexibility index (Phi) is 3.85. The normalized spacial score (nSPS) is 11.0. The standard InChI is InChI=1S/C18H14FN5O2/c19-12-7-5-11(6-8-12)17-22-18-21-13(9-16(26)24(18)23-17)10-20-14-3-1-2-4-15(14)25/h1-9,20,25H,10H2,(H,21,22,23). The zero-order valence-corrected chi connectivity index (χ0v) is 13.5. The van der Waals surface area contributed by atoms with E-state index in [4.69, 9.17) is 0 Å². The molecule has 130 valence electrons. The van der Waals surface area contributed by atoms with Crippen LogP contribution in [-0.4, -0.2) is 24.7 Å². The maximum absolute atomic E-state index is 13.1. The molecule has 7 nitrogen and oxygen atoms in total. The van der Waals surface area contributed by atoms with Crippen LogP contribution in [-0.2, 0) is 6.54 Å². The van der Waals surface area contributed by atoms with E-state index in [1.54, 1.807) is 36.4 Å². The first kappa shape index (κ1) is 15.8. The molecule has 0 spiro atoms. The number of para-hydroxylation sites is 2. The average molecular weight is 351 g/mol. The number of phenolic OH excluding ortho intramolecular Hbond substituents is 1. The predicted octanol–water partition coefficient (Wildman–Crippen LogP) is 2.54. The van der Waals surface area contributed by atoms with E-state index in [2.05, 4.69) is 20.4 Å². The van der Waals surface area contributed by atoms with Crippen molar-refractivity contribution in [3.05, 3.63) is 76.5 Å². The van der Waals surface area contributed by atoms with E-state index in [1.165, 1.54) is 22.7 Å². The lowest BCUT2D eigenvalue weighted by molar-refractivity contribution is 0.477. The summed E-state index contributed by atoms with van der Waals surface area (Å²) in [6, 6.07) is 14.0. The summed E-state index contributed by atoms with van der Waals surface area (Å²) in [4.78, 5) is 20.9. The van der Waals surface area contributed by atoms with Crippen LogP contribution in [0.4, 0.5) is 10.1 Å². The molecule has 0 fully saturated rings. The molecule has 2 aromatic heterocycles. The van der Waals surface area contributed by atoms with Gasteiger partial charge in [0.2, 0.25) is 0 Å². The SMILES string of the molecule is O=c1cc(CNc2ccccc2O)nc2nc(-c3ccc(F)cc3)[nH]n12. The van der Waals surface area contributed by atoms with E-state index in [1.807, 2.05) is 0 Å². The van der Waals surface area contributed by atoms with Gasteiger partial charge in [0.1, 0.15) is 11.6 Å². The van der Waals surface area contributed by atoms with Gasteiger partial charge in [-0.2, -0.15) is 9.50 Å². The summed E-state index contributed by atoms with van der Waals surface area (Å²) in [6.07, 6.45) is 0. The maximum Gasteiger partial charge on any atom is 0.274 e. The van der Waals surface area contributed by atoms with Crippen molar-refractivity contribution in [2.24, 2.45) is 0 Å². The Morgan fingerprint density at radius 3 is 2.65 bits per heavy atom. The smallest absolute Gasteiger partial charge is 0.274 e. The number of nitrogens with one attached hydrogen (secondary N) is 2. The second-order valence-corrected chi connectivity index (χ2v) is 5.67. The van der Waals surface area contributed by atoms with Crippen LogP contribution >= 0.6 is 0 Å². The lowest BCUT2D eigenvalue weighted by Crippen LogP contribution is -2.17. The highest BCUT2D eigenvalue weighted by molar-refractivity contribution is 5.57. The first-order valence-corrected chi connectivity index (χ1v) is 7.87. The molecule has 2 heterocycles. The number of anilines is 1. The second kappa shape index (κ2) is 6.32. The van der Waals surface area contributed by atoms with Crippen LogP contribution in [0.15, 0.2) is 59.4 Å². The van der Waals surface area contributed by atoms with Gasteiger partial charge in [-0.3, -0.25) is 9.89 Å². The summed E-state index contributed by atoms with van der Waals surface area (Å²) in [7, 11) is 0. The van der Waals surface area contributed by atoms with Crippen molar-refractivity contribution in [2.45, 2.75) is 6.54 Å². The van der Waals surface area contributed by atoms with Crippen LogP contribution in [0.1, 0.15) is 5.69 Å². The van der Waals surface area contributed by atoms with Gasteiger partial charge in [0.15, 0.2) is 5.82 Å². The summed E-state index contributed by atoms with van der Waals surface area (Å²) >= 11 is 0. The maximum atomic E-state index is 13.1. The third-order valence-corrected chi connectivity index (χ3v) is 3.87. The van der Waals surface area contributed by atoms with Crippen LogP contribution in [0.5, 0.6) is 5.75 Å². The molecule has 0 saturated carbocycles. The van der Waals surface area contributed by atoms with Gasteiger partial charge in [0, 0.05) is 11.6 Å².